The Hall–Kier alpha value is -1.53. The van der Waals surface area contributed by atoms with Crippen LogP contribution in [-0.4, -0.2) is 71.5 Å². The number of hydrogen-bond donors (Lipinski definition) is 1. The third-order valence-electron chi connectivity index (χ3n) is 5.59. The summed E-state index contributed by atoms with van der Waals surface area (Å²) in [5.74, 6) is 1.14. The van der Waals surface area contributed by atoms with Gasteiger partial charge in [-0.15, -0.1) is 0 Å². The number of aryl methyl sites for hydroxylation is 1. The van der Waals surface area contributed by atoms with E-state index in [4.69, 9.17) is 0 Å². The first-order valence-corrected chi connectivity index (χ1v) is 9.63. The summed E-state index contributed by atoms with van der Waals surface area (Å²) in [6.07, 6.45) is 4.52. The SMILES string of the molecule is CCN1CCCC1CNC(=O)c1cc(C)nc(C2CCN(C)CC2)n1. The standard InChI is InChI=1S/C19H31N5O/c1-4-24-9-5-6-16(24)13-20-19(25)17-12-14(2)21-18(22-17)15-7-10-23(3)11-8-15/h12,15-16H,4-11,13H2,1-3H3,(H,20,25). The van der Waals surface area contributed by atoms with E-state index in [9.17, 15) is 4.79 Å². The van der Waals surface area contributed by atoms with E-state index in [0.717, 1.165) is 57.0 Å². The predicted octanol–water partition coefficient (Wildman–Crippen LogP) is 1.81. The molecule has 2 fully saturated rings. The van der Waals surface area contributed by atoms with Gasteiger partial charge in [0.2, 0.25) is 0 Å². The summed E-state index contributed by atoms with van der Waals surface area (Å²) in [6.45, 7) is 9.17. The Bertz CT molecular complexity index is 597. The van der Waals surface area contributed by atoms with E-state index in [1.54, 1.807) is 6.07 Å². The molecule has 0 bridgehead atoms. The highest BCUT2D eigenvalue weighted by molar-refractivity contribution is 5.92. The van der Waals surface area contributed by atoms with Crippen LogP contribution in [0.15, 0.2) is 6.07 Å². The number of piperidine rings is 1. The normalized spacial score (nSPS) is 23.1. The van der Waals surface area contributed by atoms with Crippen molar-refractivity contribution in [2.45, 2.75) is 51.5 Å². The summed E-state index contributed by atoms with van der Waals surface area (Å²) in [6, 6.07) is 2.27. The lowest BCUT2D eigenvalue weighted by Crippen LogP contribution is -2.40. The molecule has 0 aromatic carbocycles. The van der Waals surface area contributed by atoms with Gasteiger partial charge < -0.3 is 10.2 Å². The minimum absolute atomic E-state index is 0.0670. The Morgan fingerprint density at radius 2 is 2.00 bits per heavy atom. The van der Waals surface area contributed by atoms with E-state index in [0.29, 0.717) is 24.2 Å². The van der Waals surface area contributed by atoms with Crippen LogP contribution in [0, 0.1) is 6.92 Å². The van der Waals surface area contributed by atoms with Crippen LogP contribution in [0.3, 0.4) is 0 Å². The fraction of sp³-hybridized carbons (Fsp3) is 0.737. The highest BCUT2D eigenvalue weighted by Gasteiger charge is 2.25. The van der Waals surface area contributed by atoms with Gasteiger partial charge in [0, 0.05) is 24.2 Å². The molecule has 3 heterocycles. The van der Waals surface area contributed by atoms with E-state index >= 15 is 0 Å². The maximum absolute atomic E-state index is 12.6. The molecule has 0 saturated carbocycles. The van der Waals surface area contributed by atoms with Gasteiger partial charge in [0.05, 0.1) is 0 Å². The Morgan fingerprint density at radius 1 is 1.24 bits per heavy atom. The molecule has 2 saturated heterocycles. The molecule has 0 aliphatic carbocycles. The number of amides is 1. The molecule has 6 nitrogen and oxygen atoms in total. The smallest absolute Gasteiger partial charge is 0.270 e. The molecular weight excluding hydrogens is 314 g/mol. The van der Waals surface area contributed by atoms with Crippen molar-refractivity contribution in [2.75, 3.05) is 39.8 Å². The lowest BCUT2D eigenvalue weighted by molar-refractivity contribution is 0.0935. The average molecular weight is 345 g/mol. The molecule has 1 aromatic heterocycles. The molecule has 0 spiro atoms. The molecule has 1 aromatic rings. The zero-order valence-corrected chi connectivity index (χ0v) is 15.8. The molecular formula is C19H31N5O. The van der Waals surface area contributed by atoms with E-state index in [1.807, 2.05) is 6.92 Å². The van der Waals surface area contributed by atoms with Crippen LogP contribution in [0.1, 0.15) is 60.5 Å². The summed E-state index contributed by atoms with van der Waals surface area (Å²) in [7, 11) is 2.15. The Labute approximate surface area is 151 Å². The zero-order chi connectivity index (χ0) is 17.8. The number of carbonyl (C=O) groups excluding carboxylic acids is 1. The summed E-state index contributed by atoms with van der Waals surface area (Å²) < 4.78 is 0. The summed E-state index contributed by atoms with van der Waals surface area (Å²) >= 11 is 0. The van der Waals surface area contributed by atoms with Crippen molar-refractivity contribution >= 4 is 5.91 Å². The number of rotatable bonds is 5. The second-order valence-corrected chi connectivity index (χ2v) is 7.46. The van der Waals surface area contributed by atoms with Crippen molar-refractivity contribution < 1.29 is 4.79 Å². The molecule has 6 heteroatoms. The van der Waals surface area contributed by atoms with Crippen molar-refractivity contribution in [3.8, 4) is 0 Å². The lowest BCUT2D eigenvalue weighted by atomic mass is 9.96. The Morgan fingerprint density at radius 3 is 2.72 bits per heavy atom. The van der Waals surface area contributed by atoms with Crippen molar-refractivity contribution in [1.82, 2.24) is 25.1 Å². The van der Waals surface area contributed by atoms with E-state index < -0.39 is 0 Å². The Balaban J connectivity index is 1.64. The molecule has 1 unspecified atom stereocenters. The number of likely N-dealkylation sites (tertiary alicyclic amines) is 2. The van der Waals surface area contributed by atoms with Gasteiger partial charge in [-0.25, -0.2) is 9.97 Å². The highest BCUT2D eigenvalue weighted by Crippen LogP contribution is 2.25. The molecule has 138 valence electrons. The number of nitrogens with zero attached hydrogens (tertiary/aromatic N) is 4. The second-order valence-electron chi connectivity index (χ2n) is 7.46. The first-order chi connectivity index (χ1) is 12.1. The fourth-order valence-electron chi connectivity index (χ4n) is 4.00. The van der Waals surface area contributed by atoms with Crippen molar-refractivity contribution in [2.24, 2.45) is 0 Å². The summed E-state index contributed by atoms with van der Waals surface area (Å²) in [5, 5.41) is 3.09. The molecule has 1 amide bonds. The molecule has 1 N–H and O–H groups in total. The largest absolute Gasteiger partial charge is 0.349 e. The van der Waals surface area contributed by atoms with Crippen LogP contribution < -0.4 is 5.32 Å². The van der Waals surface area contributed by atoms with E-state index in [-0.39, 0.29) is 5.91 Å². The molecule has 2 aliphatic rings. The fourth-order valence-corrected chi connectivity index (χ4v) is 4.00. The van der Waals surface area contributed by atoms with Crippen LogP contribution in [0.2, 0.25) is 0 Å². The summed E-state index contributed by atoms with van der Waals surface area (Å²) in [4.78, 5) is 26.6. The third-order valence-corrected chi connectivity index (χ3v) is 5.59. The molecule has 0 radical (unpaired) electrons. The molecule has 1 atom stereocenters. The number of nitrogens with one attached hydrogen (secondary N) is 1. The van der Waals surface area contributed by atoms with Crippen LogP contribution in [0.4, 0.5) is 0 Å². The lowest BCUT2D eigenvalue weighted by Gasteiger charge is -2.28. The second kappa shape index (κ2) is 8.23. The van der Waals surface area contributed by atoms with Gasteiger partial charge in [0.1, 0.15) is 11.5 Å². The van der Waals surface area contributed by atoms with Gasteiger partial charge in [-0.05, 0) is 71.9 Å². The topological polar surface area (TPSA) is 61.4 Å². The Kier molecular flexibility index (Phi) is 6.02. The maximum Gasteiger partial charge on any atom is 0.270 e. The van der Waals surface area contributed by atoms with Gasteiger partial charge in [-0.1, -0.05) is 6.92 Å². The van der Waals surface area contributed by atoms with Crippen LogP contribution in [0.5, 0.6) is 0 Å². The first-order valence-electron chi connectivity index (χ1n) is 9.63. The van der Waals surface area contributed by atoms with Crippen molar-refractivity contribution in [3.05, 3.63) is 23.3 Å². The van der Waals surface area contributed by atoms with Crippen LogP contribution in [0.25, 0.3) is 0 Å². The van der Waals surface area contributed by atoms with E-state index in [2.05, 4.69) is 39.1 Å². The van der Waals surface area contributed by atoms with Gasteiger partial charge >= 0.3 is 0 Å². The van der Waals surface area contributed by atoms with Gasteiger partial charge in [-0.3, -0.25) is 9.69 Å². The van der Waals surface area contributed by atoms with Gasteiger partial charge in [0.15, 0.2) is 0 Å². The monoisotopic (exact) mass is 345 g/mol. The molecule has 2 aliphatic heterocycles. The first kappa shape index (κ1) is 18.3. The molecule has 25 heavy (non-hydrogen) atoms. The van der Waals surface area contributed by atoms with Crippen LogP contribution in [-0.2, 0) is 0 Å². The highest BCUT2D eigenvalue weighted by atomic mass is 16.1. The van der Waals surface area contributed by atoms with Crippen molar-refractivity contribution in [1.29, 1.82) is 0 Å². The quantitative estimate of drug-likeness (QED) is 0.882. The third kappa shape index (κ3) is 4.55. The zero-order valence-electron chi connectivity index (χ0n) is 15.8. The molecule has 3 rings (SSSR count). The minimum Gasteiger partial charge on any atom is -0.349 e. The van der Waals surface area contributed by atoms with Gasteiger partial charge in [0.25, 0.3) is 5.91 Å². The average Bonchev–Trinajstić information content (AvgIpc) is 3.07. The van der Waals surface area contributed by atoms with Gasteiger partial charge in [-0.2, -0.15) is 0 Å². The predicted molar refractivity (Wildman–Crippen MR) is 98.8 cm³/mol. The van der Waals surface area contributed by atoms with Crippen LogP contribution >= 0.6 is 0 Å². The number of hydrogen-bond acceptors (Lipinski definition) is 5. The number of aromatic nitrogens is 2. The summed E-state index contributed by atoms with van der Waals surface area (Å²) in [5.41, 5.74) is 1.40. The number of likely N-dealkylation sites (N-methyl/N-ethyl adjacent to an activating group) is 1. The van der Waals surface area contributed by atoms with E-state index in [1.165, 1.54) is 6.42 Å². The van der Waals surface area contributed by atoms with Crippen molar-refractivity contribution in [3.63, 3.8) is 0 Å². The number of carbonyl (C=O) groups is 1. The minimum atomic E-state index is -0.0670. The maximum atomic E-state index is 12.6.